The molecule has 2 aromatic heterocycles. The van der Waals surface area contributed by atoms with Crippen LogP contribution >= 0.6 is 0 Å². The molecule has 2 heterocycles. The summed E-state index contributed by atoms with van der Waals surface area (Å²) in [6.07, 6.45) is 2.11. The lowest BCUT2D eigenvalue weighted by atomic mass is 10.0. The van der Waals surface area contributed by atoms with Gasteiger partial charge in [0.2, 0.25) is 0 Å². The normalized spacial score (nSPS) is 11.0. The van der Waals surface area contributed by atoms with Crippen LogP contribution in [-0.4, -0.2) is 25.7 Å². The predicted octanol–water partition coefficient (Wildman–Crippen LogP) is 2.94. The lowest BCUT2D eigenvalue weighted by Crippen LogP contribution is -2.07. The van der Waals surface area contributed by atoms with Gasteiger partial charge in [-0.25, -0.2) is 14.3 Å². The second kappa shape index (κ2) is 5.26. The molecule has 112 valence electrons. The minimum absolute atomic E-state index is 0.133. The zero-order valence-electron chi connectivity index (χ0n) is 12.8. The molecule has 0 aliphatic heterocycles. The summed E-state index contributed by atoms with van der Waals surface area (Å²) in [5.74, 6) is -1.01. The standard InChI is InChI=1S/C17H17N3O2/c1-10-5-4-6-13(7-10)8-14-11(2)19-16-15(17(21)22)9-18-20(16)12(14)3/h4-7,9H,8H2,1-3H3,(H,21,22). The van der Waals surface area contributed by atoms with Gasteiger partial charge in [0.05, 0.1) is 6.20 Å². The van der Waals surface area contributed by atoms with Crippen molar-refractivity contribution in [1.82, 2.24) is 14.6 Å². The number of carbonyl (C=O) groups is 1. The topological polar surface area (TPSA) is 67.5 Å². The van der Waals surface area contributed by atoms with Crippen LogP contribution in [0, 0.1) is 20.8 Å². The maximum Gasteiger partial charge on any atom is 0.341 e. The van der Waals surface area contributed by atoms with Crippen LogP contribution in [0.1, 0.15) is 38.4 Å². The second-order valence-corrected chi connectivity index (χ2v) is 5.53. The van der Waals surface area contributed by atoms with Gasteiger partial charge in [0.1, 0.15) is 5.56 Å². The van der Waals surface area contributed by atoms with Crippen LogP contribution in [0.3, 0.4) is 0 Å². The first kappa shape index (κ1) is 14.3. The highest BCUT2D eigenvalue weighted by Crippen LogP contribution is 2.20. The molecule has 0 amide bonds. The molecular formula is C17H17N3O2. The third kappa shape index (κ3) is 2.35. The van der Waals surface area contributed by atoms with Crippen molar-refractivity contribution in [3.63, 3.8) is 0 Å². The first-order valence-electron chi connectivity index (χ1n) is 7.10. The van der Waals surface area contributed by atoms with Crippen LogP contribution in [0.2, 0.25) is 0 Å². The zero-order chi connectivity index (χ0) is 15.9. The van der Waals surface area contributed by atoms with E-state index < -0.39 is 5.97 Å². The number of aryl methyl sites for hydroxylation is 3. The molecule has 0 fully saturated rings. The van der Waals surface area contributed by atoms with E-state index in [2.05, 4.69) is 35.2 Å². The number of carboxylic acids is 1. The van der Waals surface area contributed by atoms with E-state index in [0.29, 0.717) is 5.65 Å². The zero-order valence-corrected chi connectivity index (χ0v) is 12.8. The van der Waals surface area contributed by atoms with Crippen LogP contribution in [0.25, 0.3) is 5.65 Å². The van der Waals surface area contributed by atoms with Crippen LogP contribution in [0.5, 0.6) is 0 Å². The lowest BCUT2D eigenvalue weighted by molar-refractivity contribution is 0.0699. The van der Waals surface area contributed by atoms with E-state index in [9.17, 15) is 9.90 Å². The molecule has 3 rings (SSSR count). The van der Waals surface area contributed by atoms with Gasteiger partial charge in [-0.1, -0.05) is 29.8 Å². The van der Waals surface area contributed by atoms with Crippen molar-refractivity contribution in [1.29, 1.82) is 0 Å². The Morgan fingerprint density at radius 3 is 2.73 bits per heavy atom. The summed E-state index contributed by atoms with van der Waals surface area (Å²) in [6.45, 7) is 5.93. The highest BCUT2D eigenvalue weighted by atomic mass is 16.4. The maximum absolute atomic E-state index is 11.2. The fourth-order valence-electron chi connectivity index (χ4n) is 2.74. The summed E-state index contributed by atoms with van der Waals surface area (Å²) < 4.78 is 1.61. The number of nitrogens with zero attached hydrogens (tertiary/aromatic N) is 3. The minimum Gasteiger partial charge on any atom is -0.477 e. The lowest BCUT2D eigenvalue weighted by Gasteiger charge is -2.11. The van der Waals surface area contributed by atoms with Crippen LogP contribution in [-0.2, 0) is 6.42 Å². The highest BCUT2D eigenvalue weighted by Gasteiger charge is 2.17. The van der Waals surface area contributed by atoms with Gasteiger partial charge >= 0.3 is 5.97 Å². The Morgan fingerprint density at radius 1 is 1.27 bits per heavy atom. The van der Waals surface area contributed by atoms with Gasteiger partial charge in [-0.2, -0.15) is 5.10 Å². The molecule has 0 aliphatic rings. The first-order chi connectivity index (χ1) is 10.5. The molecule has 0 radical (unpaired) electrons. The van der Waals surface area contributed by atoms with E-state index in [-0.39, 0.29) is 5.56 Å². The van der Waals surface area contributed by atoms with Crippen molar-refractivity contribution in [2.24, 2.45) is 0 Å². The van der Waals surface area contributed by atoms with E-state index in [1.165, 1.54) is 17.3 Å². The Kier molecular flexibility index (Phi) is 3.41. The molecule has 0 aliphatic carbocycles. The number of hydrogen-bond acceptors (Lipinski definition) is 3. The number of benzene rings is 1. The van der Waals surface area contributed by atoms with Crippen LogP contribution in [0.4, 0.5) is 0 Å². The number of rotatable bonds is 3. The molecule has 0 saturated heterocycles. The molecule has 0 saturated carbocycles. The first-order valence-corrected chi connectivity index (χ1v) is 7.10. The molecule has 5 nitrogen and oxygen atoms in total. The van der Waals surface area contributed by atoms with E-state index in [0.717, 1.165) is 23.4 Å². The van der Waals surface area contributed by atoms with Crippen LogP contribution < -0.4 is 0 Å². The van der Waals surface area contributed by atoms with Gasteiger partial charge < -0.3 is 5.11 Å². The number of hydrogen-bond donors (Lipinski definition) is 1. The van der Waals surface area contributed by atoms with Gasteiger partial charge in [0.15, 0.2) is 5.65 Å². The monoisotopic (exact) mass is 295 g/mol. The SMILES string of the molecule is Cc1cccc(Cc2c(C)nc3c(C(=O)O)cnn3c2C)c1. The highest BCUT2D eigenvalue weighted by molar-refractivity contribution is 5.94. The molecular weight excluding hydrogens is 278 g/mol. The molecule has 22 heavy (non-hydrogen) atoms. The van der Waals surface area contributed by atoms with Crippen molar-refractivity contribution in [2.45, 2.75) is 27.2 Å². The summed E-state index contributed by atoms with van der Waals surface area (Å²) >= 11 is 0. The Morgan fingerprint density at radius 2 is 2.05 bits per heavy atom. The molecule has 1 N–H and O–H groups in total. The van der Waals surface area contributed by atoms with Gasteiger partial charge in [-0.15, -0.1) is 0 Å². The summed E-state index contributed by atoms with van der Waals surface area (Å²) in [6, 6.07) is 8.34. The quantitative estimate of drug-likeness (QED) is 0.806. The van der Waals surface area contributed by atoms with Crippen LogP contribution in [0.15, 0.2) is 30.5 Å². The van der Waals surface area contributed by atoms with Gasteiger partial charge in [0.25, 0.3) is 0 Å². The van der Waals surface area contributed by atoms with Crippen molar-refractivity contribution < 1.29 is 9.90 Å². The summed E-state index contributed by atoms with van der Waals surface area (Å²) in [5, 5.41) is 13.4. The van der Waals surface area contributed by atoms with Crippen molar-refractivity contribution in [3.05, 3.63) is 64.1 Å². The Labute approximate surface area is 128 Å². The Bertz CT molecular complexity index is 881. The van der Waals surface area contributed by atoms with E-state index in [1.54, 1.807) is 4.52 Å². The second-order valence-electron chi connectivity index (χ2n) is 5.53. The largest absolute Gasteiger partial charge is 0.477 e. The predicted molar refractivity (Wildman–Crippen MR) is 83.4 cm³/mol. The number of carboxylic acid groups (broad SMARTS) is 1. The smallest absolute Gasteiger partial charge is 0.341 e. The van der Waals surface area contributed by atoms with Gasteiger partial charge in [-0.3, -0.25) is 0 Å². The number of aromatic nitrogens is 3. The minimum atomic E-state index is -1.01. The Balaban J connectivity index is 2.13. The molecule has 3 aromatic rings. The summed E-state index contributed by atoms with van der Waals surface area (Å²) in [4.78, 5) is 15.7. The average Bonchev–Trinajstić information content (AvgIpc) is 2.87. The molecule has 0 unspecified atom stereocenters. The fraction of sp³-hybridized carbons (Fsp3) is 0.235. The molecule has 5 heteroatoms. The van der Waals surface area contributed by atoms with Gasteiger partial charge in [-0.05, 0) is 31.9 Å². The molecule has 0 bridgehead atoms. The molecule has 0 atom stereocenters. The Hall–Kier alpha value is -2.69. The van der Waals surface area contributed by atoms with E-state index >= 15 is 0 Å². The van der Waals surface area contributed by atoms with Crippen molar-refractivity contribution in [2.75, 3.05) is 0 Å². The third-order valence-corrected chi connectivity index (χ3v) is 3.90. The summed E-state index contributed by atoms with van der Waals surface area (Å²) in [7, 11) is 0. The fourth-order valence-corrected chi connectivity index (χ4v) is 2.74. The van der Waals surface area contributed by atoms with E-state index in [1.807, 2.05) is 19.9 Å². The van der Waals surface area contributed by atoms with Gasteiger partial charge in [0, 0.05) is 17.8 Å². The maximum atomic E-state index is 11.2. The van der Waals surface area contributed by atoms with Crippen molar-refractivity contribution >= 4 is 11.6 Å². The molecule has 0 spiro atoms. The summed E-state index contributed by atoms with van der Waals surface area (Å²) in [5.41, 5.74) is 5.81. The number of aromatic carboxylic acids is 1. The van der Waals surface area contributed by atoms with E-state index in [4.69, 9.17) is 0 Å². The molecule has 1 aromatic carbocycles. The van der Waals surface area contributed by atoms with Crippen molar-refractivity contribution in [3.8, 4) is 0 Å². The average molecular weight is 295 g/mol. The third-order valence-electron chi connectivity index (χ3n) is 3.90. The number of fused-ring (bicyclic) bond motifs is 1.